The summed E-state index contributed by atoms with van der Waals surface area (Å²) in [4.78, 5) is 14.1. The summed E-state index contributed by atoms with van der Waals surface area (Å²) in [5, 5.41) is 11.4. The first-order valence-electron chi connectivity index (χ1n) is 9.15. The molecule has 0 saturated carbocycles. The van der Waals surface area contributed by atoms with Crippen molar-refractivity contribution in [3.63, 3.8) is 0 Å². The van der Waals surface area contributed by atoms with Crippen LogP contribution in [0, 0.1) is 0 Å². The molecule has 28 heavy (non-hydrogen) atoms. The Labute approximate surface area is 161 Å². The van der Waals surface area contributed by atoms with Crippen molar-refractivity contribution in [2.75, 3.05) is 19.9 Å². The van der Waals surface area contributed by atoms with Gasteiger partial charge in [0.15, 0.2) is 11.5 Å². The number of fused-ring (bicyclic) bond motifs is 1. The second kappa shape index (κ2) is 6.88. The molecule has 5 rings (SSSR count). The number of hydrogen-bond donors (Lipinski definition) is 1. The van der Waals surface area contributed by atoms with Crippen molar-refractivity contribution in [1.82, 2.24) is 25.2 Å². The number of urea groups is 1. The minimum atomic E-state index is -0.0858. The second-order valence-electron chi connectivity index (χ2n) is 6.85. The molecule has 1 fully saturated rings. The summed E-state index contributed by atoms with van der Waals surface area (Å²) in [6.45, 7) is 1.92. The van der Waals surface area contributed by atoms with Crippen molar-refractivity contribution in [3.05, 3.63) is 60.3 Å². The monoisotopic (exact) mass is 377 g/mol. The van der Waals surface area contributed by atoms with E-state index in [-0.39, 0.29) is 18.9 Å². The van der Waals surface area contributed by atoms with Gasteiger partial charge in [0, 0.05) is 25.2 Å². The van der Waals surface area contributed by atoms with Gasteiger partial charge in [-0.05, 0) is 17.7 Å². The highest BCUT2D eigenvalue weighted by molar-refractivity contribution is 5.75. The molecule has 1 N–H and O–H groups in total. The van der Waals surface area contributed by atoms with Crippen LogP contribution in [0.15, 0.2) is 54.7 Å². The molecular formula is C20H19N5O3. The van der Waals surface area contributed by atoms with Gasteiger partial charge in [-0.1, -0.05) is 41.6 Å². The molecule has 2 aromatic carbocycles. The lowest BCUT2D eigenvalue weighted by Gasteiger charge is -2.38. The summed E-state index contributed by atoms with van der Waals surface area (Å²) in [5.74, 6) is 1.46. The predicted molar refractivity (Wildman–Crippen MR) is 101 cm³/mol. The lowest BCUT2D eigenvalue weighted by Crippen LogP contribution is -2.54. The third kappa shape index (κ3) is 3.13. The largest absolute Gasteiger partial charge is 0.454 e. The van der Waals surface area contributed by atoms with Gasteiger partial charge in [-0.2, -0.15) is 0 Å². The molecule has 3 heterocycles. The van der Waals surface area contributed by atoms with Crippen LogP contribution in [0.5, 0.6) is 11.5 Å². The molecule has 0 atom stereocenters. The Morgan fingerprint density at radius 1 is 1.11 bits per heavy atom. The Balaban J connectivity index is 1.14. The van der Waals surface area contributed by atoms with Gasteiger partial charge < -0.3 is 19.7 Å². The van der Waals surface area contributed by atoms with E-state index in [2.05, 4.69) is 15.6 Å². The molecule has 0 spiro atoms. The fourth-order valence-electron chi connectivity index (χ4n) is 3.33. The topological polar surface area (TPSA) is 81.5 Å². The van der Waals surface area contributed by atoms with E-state index in [9.17, 15) is 4.79 Å². The molecular weight excluding hydrogens is 358 g/mol. The van der Waals surface area contributed by atoms with Crippen molar-refractivity contribution in [3.8, 4) is 22.8 Å². The summed E-state index contributed by atoms with van der Waals surface area (Å²) in [6, 6.07) is 15.7. The minimum Gasteiger partial charge on any atom is -0.454 e. The molecule has 2 amide bonds. The van der Waals surface area contributed by atoms with Crippen LogP contribution in [0.25, 0.3) is 11.3 Å². The smallest absolute Gasteiger partial charge is 0.317 e. The molecule has 0 aliphatic carbocycles. The Morgan fingerprint density at radius 2 is 1.93 bits per heavy atom. The van der Waals surface area contributed by atoms with Gasteiger partial charge in [-0.25, -0.2) is 9.48 Å². The van der Waals surface area contributed by atoms with Gasteiger partial charge in [0.05, 0.1) is 12.2 Å². The first kappa shape index (κ1) is 16.6. The van der Waals surface area contributed by atoms with E-state index in [1.807, 2.05) is 59.4 Å². The Hall–Kier alpha value is -3.55. The first-order chi connectivity index (χ1) is 13.8. The highest BCUT2D eigenvalue weighted by Crippen LogP contribution is 2.32. The zero-order chi connectivity index (χ0) is 18.9. The van der Waals surface area contributed by atoms with E-state index in [1.54, 1.807) is 4.90 Å². The van der Waals surface area contributed by atoms with Crippen molar-refractivity contribution in [2.45, 2.75) is 12.6 Å². The number of amides is 2. The number of nitrogens with one attached hydrogen (secondary N) is 1. The maximum atomic E-state index is 12.3. The van der Waals surface area contributed by atoms with Gasteiger partial charge in [-0.3, -0.25) is 0 Å². The number of carbonyl (C=O) groups excluding carboxylic acids is 1. The van der Waals surface area contributed by atoms with E-state index >= 15 is 0 Å². The minimum absolute atomic E-state index is 0.0858. The number of carbonyl (C=O) groups is 1. The summed E-state index contributed by atoms with van der Waals surface area (Å²) in [6.07, 6.45) is 1.93. The predicted octanol–water partition coefficient (Wildman–Crippen LogP) is 2.44. The maximum absolute atomic E-state index is 12.3. The SMILES string of the molecule is O=C(NCc1ccc2c(c1)OCO2)N1CC(n2cc(-c3ccccc3)nn2)C1. The molecule has 0 radical (unpaired) electrons. The van der Waals surface area contributed by atoms with Crippen LogP contribution in [0.3, 0.4) is 0 Å². The molecule has 0 unspecified atom stereocenters. The van der Waals surface area contributed by atoms with Gasteiger partial charge >= 0.3 is 6.03 Å². The van der Waals surface area contributed by atoms with Gasteiger partial charge in [0.2, 0.25) is 6.79 Å². The Morgan fingerprint density at radius 3 is 2.79 bits per heavy atom. The maximum Gasteiger partial charge on any atom is 0.317 e. The normalized spacial score (nSPS) is 15.4. The number of hydrogen-bond acceptors (Lipinski definition) is 5. The molecule has 8 nitrogen and oxygen atoms in total. The lowest BCUT2D eigenvalue weighted by atomic mass is 10.1. The van der Waals surface area contributed by atoms with Gasteiger partial charge in [0.1, 0.15) is 5.69 Å². The Bertz CT molecular complexity index is 998. The third-order valence-corrected chi connectivity index (χ3v) is 4.98. The van der Waals surface area contributed by atoms with Crippen LogP contribution >= 0.6 is 0 Å². The summed E-state index contributed by atoms with van der Waals surface area (Å²) in [5.41, 5.74) is 2.84. The van der Waals surface area contributed by atoms with Crippen molar-refractivity contribution in [1.29, 1.82) is 0 Å². The van der Waals surface area contributed by atoms with Crippen LogP contribution in [-0.2, 0) is 6.54 Å². The fraction of sp³-hybridized carbons (Fsp3) is 0.250. The molecule has 1 aromatic heterocycles. The van der Waals surface area contributed by atoms with Crippen molar-refractivity contribution in [2.24, 2.45) is 0 Å². The number of likely N-dealkylation sites (tertiary alicyclic amines) is 1. The summed E-state index contributed by atoms with van der Waals surface area (Å²) < 4.78 is 12.5. The molecule has 2 aliphatic heterocycles. The van der Waals surface area contributed by atoms with E-state index in [1.165, 1.54) is 0 Å². The van der Waals surface area contributed by atoms with Gasteiger partial charge in [-0.15, -0.1) is 5.10 Å². The highest BCUT2D eigenvalue weighted by Gasteiger charge is 2.32. The molecule has 142 valence electrons. The molecule has 0 bridgehead atoms. The third-order valence-electron chi connectivity index (χ3n) is 4.98. The van der Waals surface area contributed by atoms with E-state index < -0.39 is 0 Å². The van der Waals surface area contributed by atoms with E-state index in [0.717, 1.165) is 28.3 Å². The average Bonchev–Trinajstić information content (AvgIpc) is 3.35. The zero-order valence-electron chi connectivity index (χ0n) is 15.1. The van der Waals surface area contributed by atoms with Crippen LogP contribution in [0.1, 0.15) is 11.6 Å². The molecule has 2 aliphatic rings. The number of aromatic nitrogens is 3. The number of ether oxygens (including phenoxy) is 2. The fourth-order valence-corrected chi connectivity index (χ4v) is 3.33. The number of benzene rings is 2. The van der Waals surface area contributed by atoms with E-state index in [4.69, 9.17) is 9.47 Å². The lowest BCUT2D eigenvalue weighted by molar-refractivity contribution is 0.117. The van der Waals surface area contributed by atoms with Crippen LogP contribution < -0.4 is 14.8 Å². The average molecular weight is 377 g/mol. The highest BCUT2D eigenvalue weighted by atomic mass is 16.7. The number of rotatable bonds is 4. The summed E-state index contributed by atoms with van der Waals surface area (Å²) in [7, 11) is 0. The quantitative estimate of drug-likeness (QED) is 0.755. The second-order valence-corrected chi connectivity index (χ2v) is 6.85. The molecule has 8 heteroatoms. The van der Waals surface area contributed by atoms with E-state index in [0.29, 0.717) is 19.6 Å². The Kier molecular flexibility index (Phi) is 4.08. The zero-order valence-corrected chi connectivity index (χ0v) is 15.1. The number of nitrogens with zero attached hydrogens (tertiary/aromatic N) is 4. The van der Waals surface area contributed by atoms with Gasteiger partial charge in [0.25, 0.3) is 0 Å². The van der Waals surface area contributed by atoms with Crippen molar-refractivity contribution < 1.29 is 14.3 Å². The van der Waals surface area contributed by atoms with Crippen LogP contribution in [-0.4, -0.2) is 45.8 Å². The van der Waals surface area contributed by atoms with Crippen LogP contribution in [0.2, 0.25) is 0 Å². The summed E-state index contributed by atoms with van der Waals surface area (Å²) >= 11 is 0. The van der Waals surface area contributed by atoms with Crippen molar-refractivity contribution >= 4 is 6.03 Å². The molecule has 1 saturated heterocycles. The first-order valence-corrected chi connectivity index (χ1v) is 9.15. The van der Waals surface area contributed by atoms with Crippen LogP contribution in [0.4, 0.5) is 4.79 Å². The standard InChI is InChI=1S/C20H19N5O3/c26-20(21-9-14-6-7-18-19(8-14)28-13-27-18)24-10-16(11-24)25-12-17(22-23-25)15-4-2-1-3-5-15/h1-8,12,16H,9-11,13H2,(H,21,26). The molecule has 3 aromatic rings.